The minimum absolute atomic E-state index is 0.0671. The standard InChI is InChI=1S/C21H25F3O2/c1-13(7-9-17-10-11-19(25)18(22)12-17)6-8-14(2)15(3)20(23)21(24)16(4)26-5/h7,9-14,25H,3-4,6,8H2,1-2,5H3/b9-7+,21-20-. The first-order chi connectivity index (χ1) is 12.2. The number of hydrogen-bond donors (Lipinski definition) is 1. The van der Waals surface area contributed by atoms with Gasteiger partial charge in [0.05, 0.1) is 7.11 Å². The summed E-state index contributed by atoms with van der Waals surface area (Å²) in [6, 6.07) is 4.15. The van der Waals surface area contributed by atoms with Crippen molar-refractivity contribution in [2.75, 3.05) is 7.11 Å². The Morgan fingerprint density at radius 2 is 1.85 bits per heavy atom. The topological polar surface area (TPSA) is 29.5 Å². The summed E-state index contributed by atoms with van der Waals surface area (Å²) in [5.74, 6) is -3.71. The monoisotopic (exact) mass is 366 g/mol. The number of allylic oxidation sites excluding steroid dienone is 4. The molecule has 0 amide bonds. The van der Waals surface area contributed by atoms with Crippen LogP contribution in [0.15, 0.2) is 60.4 Å². The van der Waals surface area contributed by atoms with E-state index in [1.165, 1.54) is 19.2 Å². The molecular formula is C21H25F3O2. The van der Waals surface area contributed by atoms with Gasteiger partial charge in [0, 0.05) is 0 Å². The predicted octanol–water partition coefficient (Wildman–Crippen LogP) is 6.46. The van der Waals surface area contributed by atoms with E-state index >= 15 is 0 Å². The maximum atomic E-state index is 14.0. The largest absolute Gasteiger partial charge is 0.505 e. The molecule has 2 unspecified atom stereocenters. The third-order valence-corrected chi connectivity index (χ3v) is 4.20. The van der Waals surface area contributed by atoms with E-state index in [0.717, 1.165) is 6.42 Å². The van der Waals surface area contributed by atoms with Gasteiger partial charge in [-0.3, -0.25) is 0 Å². The van der Waals surface area contributed by atoms with Gasteiger partial charge in [-0.1, -0.05) is 45.2 Å². The number of phenolic OH excluding ortho intramolecular Hbond substituents is 1. The molecule has 0 heterocycles. The zero-order valence-corrected chi connectivity index (χ0v) is 15.4. The van der Waals surface area contributed by atoms with Crippen LogP contribution in [-0.2, 0) is 4.74 Å². The number of benzene rings is 1. The molecule has 5 heteroatoms. The Morgan fingerprint density at radius 3 is 2.42 bits per heavy atom. The van der Waals surface area contributed by atoms with Gasteiger partial charge in [0.1, 0.15) is 5.76 Å². The van der Waals surface area contributed by atoms with Crippen LogP contribution < -0.4 is 0 Å². The van der Waals surface area contributed by atoms with Gasteiger partial charge in [0.15, 0.2) is 23.2 Å². The van der Waals surface area contributed by atoms with Gasteiger partial charge < -0.3 is 9.84 Å². The molecule has 0 saturated carbocycles. The molecule has 1 rings (SSSR count). The molecule has 2 atom stereocenters. The molecule has 0 aliphatic heterocycles. The minimum Gasteiger partial charge on any atom is -0.505 e. The Hall–Kier alpha value is -2.43. The summed E-state index contributed by atoms with van der Waals surface area (Å²) >= 11 is 0. The van der Waals surface area contributed by atoms with E-state index in [2.05, 4.69) is 17.9 Å². The number of phenols is 1. The Bertz CT molecular complexity index is 720. The highest BCUT2D eigenvalue weighted by molar-refractivity contribution is 5.51. The van der Waals surface area contributed by atoms with Crippen molar-refractivity contribution in [3.8, 4) is 5.75 Å². The first kappa shape index (κ1) is 21.6. The number of methoxy groups -OCH3 is 1. The van der Waals surface area contributed by atoms with Gasteiger partial charge in [-0.15, -0.1) is 0 Å². The van der Waals surface area contributed by atoms with Crippen LogP contribution in [0, 0.1) is 17.7 Å². The van der Waals surface area contributed by atoms with Gasteiger partial charge in [0.25, 0.3) is 0 Å². The van der Waals surface area contributed by atoms with Crippen molar-refractivity contribution in [3.63, 3.8) is 0 Å². The molecule has 0 spiro atoms. The molecule has 1 aromatic rings. The Morgan fingerprint density at radius 1 is 1.19 bits per heavy atom. The van der Waals surface area contributed by atoms with E-state index in [1.54, 1.807) is 19.1 Å². The summed E-state index contributed by atoms with van der Waals surface area (Å²) in [5, 5.41) is 9.17. The molecule has 0 saturated heterocycles. The van der Waals surface area contributed by atoms with E-state index in [4.69, 9.17) is 0 Å². The second kappa shape index (κ2) is 9.90. The molecule has 0 aliphatic rings. The number of halogens is 3. The van der Waals surface area contributed by atoms with Crippen LogP contribution >= 0.6 is 0 Å². The second-order valence-corrected chi connectivity index (χ2v) is 6.31. The molecule has 0 bridgehead atoms. The van der Waals surface area contributed by atoms with Gasteiger partial charge in [-0.25, -0.2) is 8.78 Å². The van der Waals surface area contributed by atoms with E-state index < -0.39 is 17.5 Å². The number of ether oxygens (including phenoxy) is 1. The molecule has 2 nitrogen and oxygen atoms in total. The van der Waals surface area contributed by atoms with Crippen molar-refractivity contribution in [3.05, 3.63) is 71.8 Å². The van der Waals surface area contributed by atoms with Crippen LogP contribution in [0.25, 0.3) is 6.08 Å². The van der Waals surface area contributed by atoms with Crippen molar-refractivity contribution in [1.82, 2.24) is 0 Å². The molecule has 0 aliphatic carbocycles. The summed E-state index contributed by atoms with van der Waals surface area (Å²) in [4.78, 5) is 0. The van der Waals surface area contributed by atoms with Crippen LogP contribution in [0.1, 0.15) is 32.3 Å². The maximum Gasteiger partial charge on any atom is 0.200 e. The first-order valence-corrected chi connectivity index (χ1v) is 8.31. The van der Waals surface area contributed by atoms with Crippen molar-refractivity contribution in [2.24, 2.45) is 11.8 Å². The summed E-state index contributed by atoms with van der Waals surface area (Å²) in [7, 11) is 1.22. The minimum atomic E-state index is -1.13. The van der Waals surface area contributed by atoms with E-state index in [-0.39, 0.29) is 28.9 Å². The third-order valence-electron chi connectivity index (χ3n) is 4.20. The number of hydrogen-bond acceptors (Lipinski definition) is 2. The fourth-order valence-corrected chi connectivity index (χ4v) is 2.25. The SMILES string of the molecule is C=C(OC)/C(F)=C(/F)C(=C)C(C)CCC(C)/C=C/c1ccc(O)c(F)c1. The van der Waals surface area contributed by atoms with Gasteiger partial charge in [0.2, 0.25) is 0 Å². The Labute approximate surface area is 153 Å². The third kappa shape index (κ3) is 6.14. The molecule has 0 aromatic heterocycles. The lowest BCUT2D eigenvalue weighted by molar-refractivity contribution is 0.280. The predicted molar refractivity (Wildman–Crippen MR) is 99.2 cm³/mol. The lowest BCUT2D eigenvalue weighted by atomic mass is 9.91. The summed E-state index contributed by atoms with van der Waals surface area (Å²) < 4.78 is 45.6. The normalized spacial score (nSPS) is 14.7. The van der Waals surface area contributed by atoms with E-state index in [1.807, 2.05) is 13.0 Å². The van der Waals surface area contributed by atoms with Crippen LogP contribution in [0.4, 0.5) is 13.2 Å². The van der Waals surface area contributed by atoms with Gasteiger partial charge in [-0.05, 0) is 47.9 Å². The average Bonchev–Trinajstić information content (AvgIpc) is 2.64. The first-order valence-electron chi connectivity index (χ1n) is 8.31. The molecular weight excluding hydrogens is 341 g/mol. The van der Waals surface area contributed by atoms with E-state index in [9.17, 15) is 18.3 Å². The molecule has 0 radical (unpaired) electrons. The molecule has 1 N–H and O–H groups in total. The van der Waals surface area contributed by atoms with Crippen molar-refractivity contribution >= 4 is 6.08 Å². The molecule has 1 aromatic carbocycles. The van der Waals surface area contributed by atoms with Crippen LogP contribution in [0.5, 0.6) is 5.75 Å². The molecule has 142 valence electrons. The van der Waals surface area contributed by atoms with Crippen molar-refractivity contribution in [2.45, 2.75) is 26.7 Å². The van der Waals surface area contributed by atoms with Crippen LogP contribution in [0.3, 0.4) is 0 Å². The molecule has 26 heavy (non-hydrogen) atoms. The fraction of sp³-hybridized carbons (Fsp3) is 0.333. The lowest BCUT2D eigenvalue weighted by Gasteiger charge is -2.16. The Kier molecular flexibility index (Phi) is 8.23. The average molecular weight is 366 g/mol. The van der Waals surface area contributed by atoms with Gasteiger partial charge >= 0.3 is 0 Å². The molecule has 0 fully saturated rings. The van der Waals surface area contributed by atoms with Crippen molar-refractivity contribution < 1.29 is 23.0 Å². The highest BCUT2D eigenvalue weighted by atomic mass is 19.2. The van der Waals surface area contributed by atoms with E-state index in [0.29, 0.717) is 12.0 Å². The summed E-state index contributed by atoms with van der Waals surface area (Å²) in [5.41, 5.74) is 0.705. The zero-order chi connectivity index (χ0) is 19.9. The van der Waals surface area contributed by atoms with Crippen LogP contribution in [0.2, 0.25) is 0 Å². The zero-order valence-electron chi connectivity index (χ0n) is 15.4. The summed E-state index contributed by atoms with van der Waals surface area (Å²) in [6.45, 7) is 10.7. The lowest BCUT2D eigenvalue weighted by Crippen LogP contribution is -2.04. The van der Waals surface area contributed by atoms with Crippen LogP contribution in [-0.4, -0.2) is 12.2 Å². The van der Waals surface area contributed by atoms with Gasteiger partial charge in [-0.2, -0.15) is 4.39 Å². The smallest absolute Gasteiger partial charge is 0.200 e. The summed E-state index contributed by atoms with van der Waals surface area (Å²) in [6.07, 6.45) is 4.99. The fourth-order valence-electron chi connectivity index (χ4n) is 2.25. The Balaban J connectivity index is 2.61. The second-order valence-electron chi connectivity index (χ2n) is 6.31. The highest BCUT2D eigenvalue weighted by Crippen LogP contribution is 2.30. The number of rotatable bonds is 9. The highest BCUT2D eigenvalue weighted by Gasteiger charge is 2.18. The van der Waals surface area contributed by atoms with Crippen molar-refractivity contribution in [1.29, 1.82) is 0 Å². The quantitative estimate of drug-likeness (QED) is 0.401. The number of aromatic hydroxyl groups is 1. The maximum absolute atomic E-state index is 14.0.